The van der Waals surface area contributed by atoms with Gasteiger partial charge in [0.2, 0.25) is 11.7 Å². The highest BCUT2D eigenvalue weighted by molar-refractivity contribution is 5.55. The number of benzene rings is 1. The smallest absolute Gasteiger partial charge is 0.223 e. The molecule has 0 amide bonds. The van der Waals surface area contributed by atoms with Crippen LogP contribution in [-0.2, 0) is 6.54 Å². The molecule has 2 aromatic rings. The van der Waals surface area contributed by atoms with Gasteiger partial charge >= 0.3 is 0 Å². The fraction of sp³-hybridized carbons (Fsp3) is 0.385. The topological polar surface area (TPSA) is 51.0 Å². The number of nitrogens with zero attached hydrogens (tertiary/aromatic N) is 2. The van der Waals surface area contributed by atoms with Crippen molar-refractivity contribution in [1.82, 2.24) is 15.5 Å². The summed E-state index contributed by atoms with van der Waals surface area (Å²) in [6, 6.07) is 8.20. The molecule has 17 heavy (non-hydrogen) atoms. The van der Waals surface area contributed by atoms with Gasteiger partial charge in [-0.1, -0.05) is 30.3 Å². The second-order valence-electron chi connectivity index (χ2n) is 4.01. The molecule has 0 saturated carbocycles. The Labute approximate surface area is 101 Å². The summed E-state index contributed by atoms with van der Waals surface area (Å²) in [5, 5.41) is 7.29. The normalized spacial score (nSPS) is 10.7. The summed E-state index contributed by atoms with van der Waals surface area (Å²) in [6.07, 6.45) is 1.14. The zero-order valence-corrected chi connectivity index (χ0v) is 10.2. The predicted molar refractivity (Wildman–Crippen MR) is 66.5 cm³/mol. The van der Waals surface area contributed by atoms with Crippen LogP contribution < -0.4 is 5.32 Å². The third kappa shape index (κ3) is 3.14. The highest BCUT2D eigenvalue weighted by atomic mass is 16.5. The van der Waals surface area contributed by atoms with Crippen molar-refractivity contribution in [1.29, 1.82) is 0 Å². The lowest BCUT2D eigenvalue weighted by molar-refractivity contribution is 0.394. The fourth-order valence-electron chi connectivity index (χ4n) is 1.65. The largest absolute Gasteiger partial charge is 0.339 e. The van der Waals surface area contributed by atoms with E-state index in [-0.39, 0.29) is 0 Å². The molecule has 0 aliphatic rings. The van der Waals surface area contributed by atoms with E-state index < -0.39 is 0 Å². The Morgan fingerprint density at radius 3 is 2.94 bits per heavy atom. The minimum atomic E-state index is 0.592. The van der Waals surface area contributed by atoms with E-state index in [4.69, 9.17) is 4.52 Å². The molecule has 1 aromatic carbocycles. The SMILES string of the molecule is CCCNCc1cccc(-c2noc(C)n2)c1. The molecule has 0 spiro atoms. The van der Waals surface area contributed by atoms with Crippen LogP contribution >= 0.6 is 0 Å². The van der Waals surface area contributed by atoms with Crippen LogP contribution in [-0.4, -0.2) is 16.7 Å². The molecule has 0 fully saturated rings. The molecule has 0 aliphatic carbocycles. The van der Waals surface area contributed by atoms with Gasteiger partial charge in [-0.15, -0.1) is 0 Å². The first-order valence-corrected chi connectivity index (χ1v) is 5.90. The van der Waals surface area contributed by atoms with Crippen molar-refractivity contribution in [2.24, 2.45) is 0 Å². The van der Waals surface area contributed by atoms with E-state index in [0.29, 0.717) is 11.7 Å². The maximum atomic E-state index is 4.98. The Kier molecular flexibility index (Phi) is 3.88. The molecule has 4 nitrogen and oxygen atoms in total. The standard InChI is InChI=1S/C13H17N3O/c1-3-7-14-9-11-5-4-6-12(8-11)13-15-10(2)17-16-13/h4-6,8,14H,3,7,9H2,1-2H3. The first-order valence-electron chi connectivity index (χ1n) is 5.90. The highest BCUT2D eigenvalue weighted by Gasteiger charge is 2.05. The third-order valence-corrected chi connectivity index (χ3v) is 2.47. The maximum absolute atomic E-state index is 4.98. The number of hydrogen-bond donors (Lipinski definition) is 1. The van der Waals surface area contributed by atoms with E-state index in [1.54, 1.807) is 6.92 Å². The molecule has 0 aliphatic heterocycles. The molecule has 2 rings (SSSR count). The zero-order chi connectivity index (χ0) is 12.1. The molecule has 0 unspecified atom stereocenters. The van der Waals surface area contributed by atoms with E-state index >= 15 is 0 Å². The average molecular weight is 231 g/mol. The van der Waals surface area contributed by atoms with Crippen molar-refractivity contribution in [2.45, 2.75) is 26.8 Å². The third-order valence-electron chi connectivity index (χ3n) is 2.47. The lowest BCUT2D eigenvalue weighted by atomic mass is 10.1. The Morgan fingerprint density at radius 1 is 1.35 bits per heavy atom. The lowest BCUT2D eigenvalue weighted by Crippen LogP contribution is -2.13. The van der Waals surface area contributed by atoms with Gasteiger partial charge < -0.3 is 9.84 Å². The molecule has 1 N–H and O–H groups in total. The minimum Gasteiger partial charge on any atom is -0.339 e. The van der Waals surface area contributed by atoms with Gasteiger partial charge in [0.05, 0.1) is 0 Å². The van der Waals surface area contributed by atoms with E-state index in [0.717, 1.165) is 25.1 Å². The fourth-order valence-corrected chi connectivity index (χ4v) is 1.65. The van der Waals surface area contributed by atoms with Crippen molar-refractivity contribution < 1.29 is 4.52 Å². The van der Waals surface area contributed by atoms with E-state index in [9.17, 15) is 0 Å². The van der Waals surface area contributed by atoms with Crippen molar-refractivity contribution >= 4 is 0 Å². The minimum absolute atomic E-state index is 0.592. The summed E-state index contributed by atoms with van der Waals surface area (Å²) < 4.78 is 4.98. The van der Waals surface area contributed by atoms with Crippen molar-refractivity contribution in [3.05, 3.63) is 35.7 Å². The van der Waals surface area contributed by atoms with E-state index in [1.165, 1.54) is 5.56 Å². The Hall–Kier alpha value is -1.68. The van der Waals surface area contributed by atoms with Gasteiger partial charge in [-0.05, 0) is 24.6 Å². The average Bonchev–Trinajstić information content (AvgIpc) is 2.77. The Balaban J connectivity index is 2.11. The van der Waals surface area contributed by atoms with Crippen LogP contribution in [0, 0.1) is 6.92 Å². The number of hydrogen-bond acceptors (Lipinski definition) is 4. The number of nitrogens with one attached hydrogen (secondary N) is 1. The summed E-state index contributed by atoms with van der Waals surface area (Å²) in [7, 11) is 0. The molecule has 0 radical (unpaired) electrons. The quantitative estimate of drug-likeness (QED) is 0.803. The lowest BCUT2D eigenvalue weighted by Gasteiger charge is -2.04. The summed E-state index contributed by atoms with van der Waals surface area (Å²) in [6.45, 7) is 5.86. The molecule has 1 aromatic heterocycles. The molecule has 1 heterocycles. The molecular weight excluding hydrogens is 214 g/mol. The molecule has 4 heteroatoms. The molecule has 90 valence electrons. The van der Waals surface area contributed by atoms with Crippen molar-refractivity contribution in [3.8, 4) is 11.4 Å². The molecule has 0 bridgehead atoms. The number of aromatic nitrogens is 2. The van der Waals surface area contributed by atoms with E-state index in [1.807, 2.05) is 12.1 Å². The van der Waals surface area contributed by atoms with Crippen LogP contribution in [0.25, 0.3) is 11.4 Å². The van der Waals surface area contributed by atoms with Crippen LogP contribution in [0.15, 0.2) is 28.8 Å². The van der Waals surface area contributed by atoms with Gasteiger partial charge in [0, 0.05) is 19.0 Å². The summed E-state index contributed by atoms with van der Waals surface area (Å²) in [5.41, 5.74) is 2.23. The number of rotatable bonds is 5. The monoisotopic (exact) mass is 231 g/mol. The Morgan fingerprint density at radius 2 is 2.24 bits per heavy atom. The highest BCUT2D eigenvalue weighted by Crippen LogP contribution is 2.16. The van der Waals surface area contributed by atoms with Crippen LogP contribution in [0.4, 0.5) is 0 Å². The van der Waals surface area contributed by atoms with Gasteiger partial charge in [0.15, 0.2) is 0 Å². The van der Waals surface area contributed by atoms with Gasteiger partial charge in [-0.2, -0.15) is 4.98 Å². The van der Waals surface area contributed by atoms with Gasteiger partial charge in [0.1, 0.15) is 0 Å². The van der Waals surface area contributed by atoms with Gasteiger partial charge in [-0.25, -0.2) is 0 Å². The maximum Gasteiger partial charge on any atom is 0.223 e. The van der Waals surface area contributed by atoms with Crippen LogP contribution in [0.2, 0.25) is 0 Å². The second kappa shape index (κ2) is 5.59. The molecule has 0 atom stereocenters. The van der Waals surface area contributed by atoms with Crippen molar-refractivity contribution in [2.75, 3.05) is 6.54 Å². The van der Waals surface area contributed by atoms with Gasteiger partial charge in [-0.3, -0.25) is 0 Å². The second-order valence-corrected chi connectivity index (χ2v) is 4.01. The molecular formula is C13H17N3O. The van der Waals surface area contributed by atoms with Crippen LogP contribution in [0.5, 0.6) is 0 Å². The van der Waals surface area contributed by atoms with Crippen molar-refractivity contribution in [3.63, 3.8) is 0 Å². The first kappa shape index (κ1) is 11.8. The number of aryl methyl sites for hydroxylation is 1. The van der Waals surface area contributed by atoms with Crippen LogP contribution in [0.1, 0.15) is 24.8 Å². The first-order chi connectivity index (χ1) is 8.29. The molecule has 0 saturated heterocycles. The summed E-state index contributed by atoms with van der Waals surface area (Å²) >= 11 is 0. The van der Waals surface area contributed by atoms with Crippen LogP contribution in [0.3, 0.4) is 0 Å². The predicted octanol–water partition coefficient (Wildman–Crippen LogP) is 2.54. The Bertz CT molecular complexity index is 479. The summed E-state index contributed by atoms with van der Waals surface area (Å²) in [5.74, 6) is 1.24. The van der Waals surface area contributed by atoms with Gasteiger partial charge in [0.25, 0.3) is 0 Å². The zero-order valence-electron chi connectivity index (χ0n) is 10.2. The van der Waals surface area contributed by atoms with E-state index in [2.05, 4.69) is 34.5 Å². The summed E-state index contributed by atoms with van der Waals surface area (Å²) in [4.78, 5) is 4.22.